The monoisotopic (exact) mass is 278 g/mol. The van der Waals surface area contributed by atoms with E-state index in [1.807, 2.05) is 30.3 Å². The van der Waals surface area contributed by atoms with E-state index < -0.39 is 0 Å². The second kappa shape index (κ2) is 6.65. The molecule has 16 heavy (non-hydrogen) atoms. The molecule has 1 heterocycles. The summed E-state index contributed by atoms with van der Waals surface area (Å²) in [7, 11) is 0. The number of anilines is 1. The van der Waals surface area contributed by atoms with Gasteiger partial charge in [0, 0.05) is 0 Å². The van der Waals surface area contributed by atoms with Gasteiger partial charge in [-0.15, -0.1) is 35.0 Å². The van der Waals surface area contributed by atoms with Crippen LogP contribution in [0.5, 0.6) is 0 Å². The maximum atomic E-state index is 5.98. The number of hydrogen-bond donors (Lipinski definition) is 2. The molecule has 0 spiro atoms. The molecule has 2 aromatic rings. The minimum absolute atomic E-state index is 0. The molecule has 4 N–H and O–H groups in total. The molecule has 0 aliphatic heterocycles. The molecular formula is C9H12Cl2N4S. The quantitative estimate of drug-likeness (QED) is 0.881. The number of halogens is 2. The van der Waals surface area contributed by atoms with Crippen LogP contribution >= 0.6 is 36.2 Å². The standard InChI is InChI=1S/C9H10N4S.2ClH/c10-7(6-4-2-1-3-5-6)8-12-13-9(11)14-8;;/h1-5,7H,10H2,(H2,11,13);2*1H. The van der Waals surface area contributed by atoms with Crippen LogP contribution in [0.25, 0.3) is 0 Å². The number of hydrogen-bond acceptors (Lipinski definition) is 5. The van der Waals surface area contributed by atoms with E-state index in [2.05, 4.69) is 10.2 Å². The predicted octanol–water partition coefficient (Wildman–Crippen LogP) is 2.01. The Hall–Kier alpha value is -0.880. The highest BCUT2D eigenvalue weighted by atomic mass is 35.5. The molecule has 2 rings (SSSR count). The van der Waals surface area contributed by atoms with E-state index in [1.54, 1.807) is 0 Å². The molecule has 0 amide bonds. The van der Waals surface area contributed by atoms with Crippen LogP contribution < -0.4 is 11.5 Å². The first-order valence-corrected chi connectivity index (χ1v) is 4.98. The highest BCUT2D eigenvalue weighted by molar-refractivity contribution is 7.15. The molecule has 0 aliphatic carbocycles. The lowest BCUT2D eigenvalue weighted by molar-refractivity contribution is 0.831. The fourth-order valence-corrected chi connectivity index (χ4v) is 1.82. The van der Waals surface area contributed by atoms with Crippen LogP contribution in [0.3, 0.4) is 0 Å². The summed E-state index contributed by atoms with van der Waals surface area (Å²) in [5, 5.41) is 8.83. The summed E-state index contributed by atoms with van der Waals surface area (Å²) < 4.78 is 0. The van der Waals surface area contributed by atoms with Gasteiger partial charge in [0.15, 0.2) is 0 Å². The van der Waals surface area contributed by atoms with Gasteiger partial charge >= 0.3 is 0 Å². The van der Waals surface area contributed by atoms with Crippen LogP contribution in [0.2, 0.25) is 0 Å². The van der Waals surface area contributed by atoms with Crippen molar-refractivity contribution >= 4 is 41.3 Å². The van der Waals surface area contributed by atoms with Crippen LogP contribution in [0.15, 0.2) is 30.3 Å². The normalized spacial score (nSPS) is 11.1. The molecule has 1 aromatic heterocycles. The van der Waals surface area contributed by atoms with E-state index in [-0.39, 0.29) is 30.9 Å². The van der Waals surface area contributed by atoms with Gasteiger partial charge in [0.05, 0.1) is 6.04 Å². The highest BCUT2D eigenvalue weighted by Crippen LogP contribution is 2.23. The fraction of sp³-hybridized carbons (Fsp3) is 0.111. The number of benzene rings is 1. The van der Waals surface area contributed by atoms with Crippen molar-refractivity contribution in [2.75, 3.05) is 5.73 Å². The predicted molar refractivity (Wildman–Crippen MR) is 71.3 cm³/mol. The van der Waals surface area contributed by atoms with Gasteiger partial charge in [-0.3, -0.25) is 0 Å². The molecule has 0 bridgehead atoms. The third-order valence-corrected chi connectivity index (χ3v) is 2.72. The number of rotatable bonds is 2. The average Bonchev–Trinajstić information content (AvgIpc) is 2.65. The Kier molecular flexibility index (Phi) is 6.28. The van der Waals surface area contributed by atoms with Crippen molar-refractivity contribution in [2.24, 2.45) is 5.73 Å². The van der Waals surface area contributed by atoms with E-state index in [0.717, 1.165) is 10.6 Å². The van der Waals surface area contributed by atoms with Crippen molar-refractivity contribution in [1.29, 1.82) is 0 Å². The second-order valence-electron chi connectivity index (χ2n) is 2.87. The van der Waals surface area contributed by atoms with Gasteiger partial charge in [0.25, 0.3) is 0 Å². The zero-order valence-electron chi connectivity index (χ0n) is 8.24. The van der Waals surface area contributed by atoms with Crippen molar-refractivity contribution in [3.8, 4) is 0 Å². The summed E-state index contributed by atoms with van der Waals surface area (Å²) >= 11 is 1.32. The Morgan fingerprint density at radius 2 is 1.69 bits per heavy atom. The molecule has 0 saturated heterocycles. The lowest BCUT2D eigenvalue weighted by Gasteiger charge is -2.06. The number of nitrogens with two attached hydrogens (primary N) is 2. The second-order valence-corrected chi connectivity index (χ2v) is 3.91. The molecule has 88 valence electrons. The Bertz CT molecular complexity index is 420. The number of aromatic nitrogens is 2. The highest BCUT2D eigenvalue weighted by Gasteiger charge is 2.12. The maximum Gasteiger partial charge on any atom is 0.203 e. The van der Waals surface area contributed by atoms with Crippen molar-refractivity contribution in [3.63, 3.8) is 0 Å². The lowest BCUT2D eigenvalue weighted by atomic mass is 10.1. The van der Waals surface area contributed by atoms with E-state index >= 15 is 0 Å². The van der Waals surface area contributed by atoms with Gasteiger partial charge in [0.2, 0.25) is 5.13 Å². The summed E-state index contributed by atoms with van der Waals surface area (Å²) in [5.74, 6) is 0. The molecule has 1 unspecified atom stereocenters. The maximum absolute atomic E-state index is 5.98. The summed E-state index contributed by atoms with van der Waals surface area (Å²) in [6.45, 7) is 0. The van der Waals surface area contributed by atoms with E-state index in [0.29, 0.717) is 5.13 Å². The minimum atomic E-state index is -0.231. The third kappa shape index (κ3) is 3.31. The molecule has 0 fully saturated rings. The molecule has 4 nitrogen and oxygen atoms in total. The van der Waals surface area contributed by atoms with E-state index in [1.165, 1.54) is 11.3 Å². The average molecular weight is 279 g/mol. The van der Waals surface area contributed by atoms with E-state index in [4.69, 9.17) is 11.5 Å². The summed E-state index contributed by atoms with van der Waals surface area (Å²) in [4.78, 5) is 0. The van der Waals surface area contributed by atoms with Crippen molar-refractivity contribution < 1.29 is 0 Å². The van der Waals surface area contributed by atoms with Gasteiger partial charge < -0.3 is 11.5 Å². The first-order chi connectivity index (χ1) is 6.77. The minimum Gasteiger partial charge on any atom is -0.374 e. The molecule has 1 aromatic carbocycles. The van der Waals surface area contributed by atoms with Crippen LogP contribution in [0.4, 0.5) is 5.13 Å². The van der Waals surface area contributed by atoms with Crippen molar-refractivity contribution in [3.05, 3.63) is 40.9 Å². The zero-order valence-corrected chi connectivity index (χ0v) is 10.7. The molecule has 0 aliphatic rings. The van der Waals surface area contributed by atoms with Gasteiger partial charge in [-0.1, -0.05) is 41.7 Å². The van der Waals surface area contributed by atoms with Crippen LogP contribution in [-0.2, 0) is 0 Å². The largest absolute Gasteiger partial charge is 0.374 e. The van der Waals surface area contributed by atoms with Gasteiger partial charge in [-0.2, -0.15) is 0 Å². The Morgan fingerprint density at radius 1 is 1.06 bits per heavy atom. The smallest absolute Gasteiger partial charge is 0.203 e. The van der Waals surface area contributed by atoms with E-state index in [9.17, 15) is 0 Å². The topological polar surface area (TPSA) is 77.8 Å². The first-order valence-electron chi connectivity index (χ1n) is 4.17. The Morgan fingerprint density at radius 3 is 2.19 bits per heavy atom. The number of nitrogens with zero attached hydrogens (tertiary/aromatic N) is 2. The zero-order chi connectivity index (χ0) is 9.97. The molecular weight excluding hydrogens is 267 g/mol. The SMILES string of the molecule is Cl.Cl.Nc1nnc(C(N)c2ccccc2)s1. The van der Waals surface area contributed by atoms with Crippen molar-refractivity contribution in [2.45, 2.75) is 6.04 Å². The van der Waals surface area contributed by atoms with Crippen LogP contribution in [0, 0.1) is 0 Å². The summed E-state index contributed by atoms with van der Waals surface area (Å²) in [6.07, 6.45) is 0. The fourth-order valence-electron chi connectivity index (χ4n) is 1.18. The van der Waals surface area contributed by atoms with Gasteiger partial charge in [-0.25, -0.2) is 0 Å². The van der Waals surface area contributed by atoms with Gasteiger partial charge in [-0.05, 0) is 5.56 Å². The lowest BCUT2D eigenvalue weighted by Crippen LogP contribution is -2.11. The summed E-state index contributed by atoms with van der Waals surface area (Å²) in [6, 6.07) is 9.53. The Balaban J connectivity index is 0.00000112. The van der Waals surface area contributed by atoms with Gasteiger partial charge in [0.1, 0.15) is 5.01 Å². The number of nitrogen functional groups attached to an aromatic ring is 1. The van der Waals surface area contributed by atoms with Crippen LogP contribution in [-0.4, -0.2) is 10.2 Å². The summed E-state index contributed by atoms with van der Waals surface area (Å²) in [5.41, 5.74) is 12.5. The molecule has 7 heteroatoms. The third-order valence-electron chi connectivity index (χ3n) is 1.88. The molecule has 0 saturated carbocycles. The van der Waals surface area contributed by atoms with Crippen LogP contribution in [0.1, 0.15) is 16.6 Å². The molecule has 0 radical (unpaired) electrons. The molecule has 1 atom stereocenters. The first kappa shape index (κ1) is 15.1. The Labute approximate surface area is 110 Å². The van der Waals surface area contributed by atoms with Crippen molar-refractivity contribution in [1.82, 2.24) is 10.2 Å².